The molecule has 0 saturated heterocycles. The molecule has 1 saturated carbocycles. The Balaban J connectivity index is 1.72. The van der Waals surface area contributed by atoms with E-state index in [0.717, 1.165) is 36.1 Å². The third-order valence-electron chi connectivity index (χ3n) is 5.72. The molecule has 22 heavy (non-hydrogen) atoms. The Morgan fingerprint density at radius 2 is 1.82 bits per heavy atom. The van der Waals surface area contributed by atoms with E-state index < -0.39 is 0 Å². The molecule has 2 aromatic rings. The van der Waals surface area contributed by atoms with Crippen molar-refractivity contribution in [2.24, 2.45) is 17.8 Å². The quantitative estimate of drug-likeness (QED) is 0.710. The first-order valence-corrected chi connectivity index (χ1v) is 8.39. The molecule has 1 fully saturated rings. The van der Waals surface area contributed by atoms with Crippen LogP contribution in [0.2, 0.25) is 0 Å². The zero-order valence-electron chi connectivity index (χ0n) is 12.9. The van der Waals surface area contributed by atoms with Crippen molar-refractivity contribution in [3.8, 4) is 0 Å². The van der Waals surface area contributed by atoms with E-state index in [0.29, 0.717) is 16.9 Å². The predicted molar refractivity (Wildman–Crippen MR) is 86.6 cm³/mol. The number of ketones is 1. The Hall–Kier alpha value is -1.70. The van der Waals surface area contributed by atoms with E-state index in [1.165, 1.54) is 12.8 Å². The van der Waals surface area contributed by atoms with E-state index >= 15 is 0 Å². The molecular formula is C20H21FO. The van der Waals surface area contributed by atoms with Crippen molar-refractivity contribution in [2.75, 3.05) is 0 Å². The fraction of sp³-hybridized carbons (Fsp3) is 0.450. The van der Waals surface area contributed by atoms with Crippen LogP contribution < -0.4 is 0 Å². The maximum Gasteiger partial charge on any atom is 0.169 e. The number of Topliss-reactive ketones (excluding diaryl/α,β-unsaturated/α-hetero) is 1. The Labute approximate surface area is 130 Å². The fourth-order valence-electron chi connectivity index (χ4n) is 4.37. The Bertz CT molecular complexity index is 741. The number of halogens is 1. The second-order valence-corrected chi connectivity index (χ2v) is 7.14. The summed E-state index contributed by atoms with van der Waals surface area (Å²) in [5, 5.41) is 1.48. The molecular weight excluding hydrogens is 275 g/mol. The summed E-state index contributed by atoms with van der Waals surface area (Å²) in [6.45, 7) is 2.29. The van der Waals surface area contributed by atoms with Gasteiger partial charge in [0.05, 0.1) is 5.56 Å². The fourth-order valence-corrected chi connectivity index (χ4v) is 4.37. The lowest BCUT2D eigenvalue weighted by molar-refractivity contribution is 0.0853. The standard InChI is InChI=1S/C20H21FO/c1-12-6-8-13(9-7-12)17-11-15-10-14-4-2-3-5-16(14)19(21)18(15)20(17)22/h2-5,10,12-13,17H,6-9,11H2,1H3. The number of carbonyl (C=O) groups is 1. The number of hydrogen-bond donors (Lipinski definition) is 0. The van der Waals surface area contributed by atoms with Crippen molar-refractivity contribution in [3.63, 3.8) is 0 Å². The second-order valence-electron chi connectivity index (χ2n) is 7.14. The summed E-state index contributed by atoms with van der Waals surface area (Å²) >= 11 is 0. The van der Waals surface area contributed by atoms with Crippen molar-refractivity contribution in [1.29, 1.82) is 0 Å². The average molecular weight is 296 g/mol. The van der Waals surface area contributed by atoms with Crippen molar-refractivity contribution >= 4 is 16.6 Å². The highest BCUT2D eigenvalue weighted by molar-refractivity contribution is 6.06. The van der Waals surface area contributed by atoms with Crippen LogP contribution in [0.1, 0.15) is 48.5 Å². The van der Waals surface area contributed by atoms with Crippen molar-refractivity contribution in [1.82, 2.24) is 0 Å². The maximum absolute atomic E-state index is 14.8. The summed E-state index contributed by atoms with van der Waals surface area (Å²) in [7, 11) is 0. The molecule has 1 unspecified atom stereocenters. The molecule has 1 atom stereocenters. The average Bonchev–Trinajstić information content (AvgIpc) is 2.85. The minimum Gasteiger partial charge on any atom is -0.294 e. The van der Waals surface area contributed by atoms with Gasteiger partial charge in [-0.2, -0.15) is 0 Å². The minimum absolute atomic E-state index is 0.00816. The zero-order valence-corrected chi connectivity index (χ0v) is 12.9. The van der Waals surface area contributed by atoms with E-state index in [1.54, 1.807) is 6.07 Å². The third-order valence-corrected chi connectivity index (χ3v) is 5.72. The zero-order chi connectivity index (χ0) is 15.3. The van der Waals surface area contributed by atoms with E-state index in [9.17, 15) is 9.18 Å². The van der Waals surface area contributed by atoms with Crippen molar-refractivity contribution in [2.45, 2.75) is 39.0 Å². The first-order valence-electron chi connectivity index (χ1n) is 8.39. The van der Waals surface area contributed by atoms with Crippen LogP contribution in [0, 0.1) is 23.6 Å². The van der Waals surface area contributed by atoms with Crippen LogP contribution in [-0.4, -0.2) is 5.78 Å². The Morgan fingerprint density at radius 1 is 1.09 bits per heavy atom. The van der Waals surface area contributed by atoms with E-state index in [1.807, 2.05) is 24.3 Å². The predicted octanol–water partition coefficient (Wildman–Crippen LogP) is 5.16. The van der Waals surface area contributed by atoms with Crippen LogP contribution in [-0.2, 0) is 6.42 Å². The summed E-state index contributed by atoms with van der Waals surface area (Å²) in [4.78, 5) is 12.8. The first-order chi connectivity index (χ1) is 10.6. The minimum atomic E-state index is -0.301. The van der Waals surface area contributed by atoms with Crippen LogP contribution in [0.4, 0.5) is 4.39 Å². The topological polar surface area (TPSA) is 17.1 Å². The summed E-state index contributed by atoms with van der Waals surface area (Å²) < 4.78 is 14.8. The van der Waals surface area contributed by atoms with Crippen LogP contribution in [0.5, 0.6) is 0 Å². The lowest BCUT2D eigenvalue weighted by atomic mass is 9.75. The maximum atomic E-state index is 14.8. The highest BCUT2D eigenvalue weighted by Gasteiger charge is 2.39. The molecule has 0 bridgehead atoms. The molecule has 0 radical (unpaired) electrons. The number of hydrogen-bond acceptors (Lipinski definition) is 1. The van der Waals surface area contributed by atoms with Gasteiger partial charge in [0.1, 0.15) is 5.82 Å². The molecule has 0 amide bonds. The molecule has 2 aliphatic rings. The largest absolute Gasteiger partial charge is 0.294 e. The van der Waals surface area contributed by atoms with Gasteiger partial charge < -0.3 is 0 Å². The van der Waals surface area contributed by atoms with Gasteiger partial charge in [-0.05, 0) is 42.0 Å². The van der Waals surface area contributed by atoms with Gasteiger partial charge in [-0.1, -0.05) is 50.1 Å². The van der Waals surface area contributed by atoms with Crippen LogP contribution in [0.15, 0.2) is 30.3 Å². The van der Waals surface area contributed by atoms with Gasteiger partial charge in [0, 0.05) is 11.3 Å². The van der Waals surface area contributed by atoms with Gasteiger partial charge >= 0.3 is 0 Å². The smallest absolute Gasteiger partial charge is 0.169 e. The van der Waals surface area contributed by atoms with Crippen molar-refractivity contribution < 1.29 is 9.18 Å². The highest BCUT2D eigenvalue weighted by atomic mass is 19.1. The molecule has 2 heteroatoms. The van der Waals surface area contributed by atoms with Crippen LogP contribution >= 0.6 is 0 Å². The Kier molecular flexibility index (Phi) is 3.28. The summed E-state index contributed by atoms with van der Waals surface area (Å²) in [6.07, 6.45) is 5.37. The van der Waals surface area contributed by atoms with Gasteiger partial charge in [0.15, 0.2) is 5.78 Å². The molecule has 1 nitrogen and oxygen atoms in total. The van der Waals surface area contributed by atoms with Gasteiger partial charge in [-0.25, -0.2) is 4.39 Å². The molecule has 2 aliphatic carbocycles. The van der Waals surface area contributed by atoms with E-state index in [4.69, 9.17) is 0 Å². The second kappa shape index (κ2) is 5.19. The number of fused-ring (bicyclic) bond motifs is 2. The molecule has 4 rings (SSSR count). The van der Waals surface area contributed by atoms with Gasteiger partial charge in [0.2, 0.25) is 0 Å². The van der Waals surface area contributed by atoms with E-state index in [2.05, 4.69) is 6.92 Å². The number of rotatable bonds is 1. The molecule has 2 aromatic carbocycles. The van der Waals surface area contributed by atoms with Crippen molar-refractivity contribution in [3.05, 3.63) is 47.3 Å². The molecule has 0 aliphatic heterocycles. The Morgan fingerprint density at radius 3 is 2.59 bits per heavy atom. The van der Waals surface area contributed by atoms with E-state index in [-0.39, 0.29) is 17.5 Å². The summed E-state index contributed by atoms with van der Waals surface area (Å²) in [6, 6.07) is 9.48. The molecule has 0 N–H and O–H groups in total. The number of benzene rings is 2. The normalized spacial score (nSPS) is 28.1. The number of carbonyl (C=O) groups excluding carboxylic acids is 1. The first kappa shape index (κ1) is 13.9. The highest BCUT2D eigenvalue weighted by Crippen LogP contribution is 2.42. The van der Waals surface area contributed by atoms with Crippen LogP contribution in [0.3, 0.4) is 0 Å². The third kappa shape index (κ3) is 2.08. The van der Waals surface area contributed by atoms with Gasteiger partial charge in [-0.3, -0.25) is 4.79 Å². The van der Waals surface area contributed by atoms with Gasteiger partial charge in [0.25, 0.3) is 0 Å². The van der Waals surface area contributed by atoms with Gasteiger partial charge in [-0.15, -0.1) is 0 Å². The monoisotopic (exact) mass is 296 g/mol. The molecule has 0 heterocycles. The molecule has 114 valence electrons. The van der Waals surface area contributed by atoms with Crippen LogP contribution in [0.25, 0.3) is 10.8 Å². The SMILES string of the molecule is CC1CCC(C2Cc3cc4ccccc4c(F)c3C2=O)CC1. The molecule has 0 spiro atoms. The molecule has 0 aromatic heterocycles. The summed E-state index contributed by atoms with van der Waals surface area (Å²) in [5.41, 5.74) is 1.30. The summed E-state index contributed by atoms with van der Waals surface area (Å²) in [5.74, 6) is 0.976. The lowest BCUT2D eigenvalue weighted by Crippen LogP contribution is -2.25. The lowest BCUT2D eigenvalue weighted by Gasteiger charge is -2.29.